The molecule has 0 radical (unpaired) electrons. The van der Waals surface area contributed by atoms with Gasteiger partial charge in [0.1, 0.15) is 0 Å². The van der Waals surface area contributed by atoms with Crippen LogP contribution in [0.3, 0.4) is 0 Å². The van der Waals surface area contributed by atoms with Gasteiger partial charge in [-0.2, -0.15) is 0 Å². The molecule has 4 aromatic rings. The summed E-state index contributed by atoms with van der Waals surface area (Å²) in [6.07, 6.45) is 5.76. The lowest BCUT2D eigenvalue weighted by atomic mass is 9.82. The molecule has 4 aromatic carbocycles. The average Bonchev–Trinajstić information content (AvgIpc) is 3.58. The van der Waals surface area contributed by atoms with Gasteiger partial charge in [0.15, 0.2) is 0 Å². The van der Waals surface area contributed by atoms with E-state index < -0.39 is 0 Å². The number of benzene rings is 4. The Labute approximate surface area is 209 Å². The highest BCUT2D eigenvalue weighted by molar-refractivity contribution is 5.88. The summed E-state index contributed by atoms with van der Waals surface area (Å²) in [5, 5.41) is 3.73. The molecule has 0 aliphatic heterocycles. The Morgan fingerprint density at radius 1 is 0.686 bits per heavy atom. The summed E-state index contributed by atoms with van der Waals surface area (Å²) in [6, 6.07) is 33.9. The Hall–Kier alpha value is -3.32. The number of fused-ring (bicyclic) bond motifs is 5. The molecule has 174 valence electrons. The van der Waals surface area contributed by atoms with Crippen LogP contribution in [0.5, 0.6) is 0 Å². The SMILES string of the molecule is CC1(C)c2ccccc2-c2cc(-c3ccccc3Nc3ccc(C4CC5CCC4C5)cc3)ccc21. The maximum Gasteiger partial charge on any atom is 0.0463 e. The van der Waals surface area contributed by atoms with E-state index in [-0.39, 0.29) is 5.41 Å². The Balaban J connectivity index is 1.20. The quantitative estimate of drug-likeness (QED) is 0.323. The highest BCUT2D eigenvalue weighted by atomic mass is 14.9. The fraction of sp³-hybridized carbons (Fsp3) is 0.294. The molecule has 0 heterocycles. The summed E-state index contributed by atoms with van der Waals surface area (Å²) in [5.74, 6) is 2.70. The monoisotopic (exact) mass is 455 g/mol. The van der Waals surface area contributed by atoms with E-state index in [9.17, 15) is 0 Å². The number of hydrogen-bond donors (Lipinski definition) is 1. The minimum absolute atomic E-state index is 0.0444. The first kappa shape index (κ1) is 21.0. The Morgan fingerprint density at radius 3 is 2.20 bits per heavy atom. The molecule has 7 rings (SSSR count). The third-order valence-electron chi connectivity index (χ3n) is 9.18. The molecule has 1 heteroatoms. The Morgan fingerprint density at radius 2 is 1.43 bits per heavy atom. The minimum Gasteiger partial charge on any atom is -0.355 e. The second kappa shape index (κ2) is 7.85. The number of para-hydroxylation sites is 1. The lowest BCUT2D eigenvalue weighted by Crippen LogP contribution is -2.14. The number of rotatable bonds is 4. The molecule has 3 unspecified atom stereocenters. The molecule has 0 saturated heterocycles. The zero-order valence-electron chi connectivity index (χ0n) is 20.7. The molecule has 1 N–H and O–H groups in total. The first-order valence-corrected chi connectivity index (χ1v) is 13.3. The van der Waals surface area contributed by atoms with Gasteiger partial charge >= 0.3 is 0 Å². The Kier molecular flexibility index (Phi) is 4.71. The van der Waals surface area contributed by atoms with E-state index >= 15 is 0 Å². The maximum atomic E-state index is 3.73. The lowest BCUT2D eigenvalue weighted by molar-refractivity contribution is 0.420. The fourth-order valence-electron chi connectivity index (χ4n) is 7.35. The molecule has 0 spiro atoms. The van der Waals surface area contributed by atoms with Crippen LogP contribution < -0.4 is 5.32 Å². The minimum atomic E-state index is 0.0444. The second-order valence-electron chi connectivity index (χ2n) is 11.5. The van der Waals surface area contributed by atoms with Crippen LogP contribution in [0.2, 0.25) is 0 Å². The lowest BCUT2D eigenvalue weighted by Gasteiger charge is -2.22. The van der Waals surface area contributed by atoms with E-state index in [1.165, 1.54) is 64.6 Å². The zero-order valence-corrected chi connectivity index (χ0v) is 20.7. The molecule has 3 atom stereocenters. The van der Waals surface area contributed by atoms with Crippen molar-refractivity contribution in [1.29, 1.82) is 0 Å². The van der Waals surface area contributed by atoms with Crippen LogP contribution >= 0.6 is 0 Å². The van der Waals surface area contributed by atoms with Crippen molar-refractivity contribution in [2.75, 3.05) is 5.32 Å². The molecule has 2 saturated carbocycles. The van der Waals surface area contributed by atoms with Crippen molar-refractivity contribution in [3.8, 4) is 22.3 Å². The van der Waals surface area contributed by atoms with Gasteiger partial charge in [0.25, 0.3) is 0 Å². The van der Waals surface area contributed by atoms with Crippen LogP contribution in [-0.2, 0) is 5.41 Å². The third-order valence-corrected chi connectivity index (χ3v) is 9.18. The van der Waals surface area contributed by atoms with E-state index in [1.807, 2.05) is 0 Å². The number of anilines is 2. The number of nitrogens with one attached hydrogen (secondary N) is 1. The highest BCUT2D eigenvalue weighted by Gasteiger charge is 2.40. The van der Waals surface area contributed by atoms with Gasteiger partial charge in [0.2, 0.25) is 0 Å². The largest absolute Gasteiger partial charge is 0.355 e. The van der Waals surface area contributed by atoms with Gasteiger partial charge < -0.3 is 5.32 Å². The average molecular weight is 456 g/mol. The third kappa shape index (κ3) is 3.36. The van der Waals surface area contributed by atoms with Gasteiger partial charge in [-0.15, -0.1) is 0 Å². The molecule has 2 fully saturated rings. The summed E-state index contributed by atoms with van der Waals surface area (Å²) >= 11 is 0. The van der Waals surface area contributed by atoms with Crippen LogP contribution in [-0.4, -0.2) is 0 Å². The van der Waals surface area contributed by atoms with E-state index in [0.29, 0.717) is 0 Å². The van der Waals surface area contributed by atoms with Crippen molar-refractivity contribution in [2.45, 2.75) is 50.9 Å². The van der Waals surface area contributed by atoms with Gasteiger partial charge in [0, 0.05) is 22.4 Å². The number of hydrogen-bond acceptors (Lipinski definition) is 1. The van der Waals surface area contributed by atoms with Gasteiger partial charge in [-0.1, -0.05) is 87.0 Å². The van der Waals surface area contributed by atoms with Crippen LogP contribution in [0.25, 0.3) is 22.3 Å². The van der Waals surface area contributed by atoms with E-state index in [0.717, 1.165) is 29.1 Å². The second-order valence-corrected chi connectivity index (χ2v) is 11.5. The summed E-state index contributed by atoms with van der Waals surface area (Å²) < 4.78 is 0. The van der Waals surface area contributed by atoms with Crippen LogP contribution in [0.4, 0.5) is 11.4 Å². The first-order valence-electron chi connectivity index (χ1n) is 13.3. The van der Waals surface area contributed by atoms with Crippen LogP contribution in [0, 0.1) is 11.8 Å². The van der Waals surface area contributed by atoms with Crippen molar-refractivity contribution >= 4 is 11.4 Å². The molecule has 3 aliphatic carbocycles. The van der Waals surface area contributed by atoms with Gasteiger partial charge in [-0.25, -0.2) is 0 Å². The van der Waals surface area contributed by atoms with Crippen molar-refractivity contribution < 1.29 is 0 Å². The molecule has 2 bridgehead atoms. The molecule has 3 aliphatic rings. The van der Waals surface area contributed by atoms with Crippen LogP contribution in [0.15, 0.2) is 91.0 Å². The maximum absolute atomic E-state index is 3.73. The molecule has 1 nitrogen and oxygen atoms in total. The first-order chi connectivity index (χ1) is 17.1. The van der Waals surface area contributed by atoms with Crippen molar-refractivity contribution in [2.24, 2.45) is 11.8 Å². The standard InChI is InChI=1S/C34H33N/c1-34(2)31-9-5-3-8-28(31)30-21-25(15-18-32(30)34)27-7-4-6-10-33(27)35-26-16-13-23(14-17-26)29-20-22-11-12-24(29)19-22/h3-10,13-18,21-22,24,29,35H,11-12,19-20H2,1-2H3. The molecule has 0 aromatic heterocycles. The molecular formula is C34H33N. The van der Waals surface area contributed by atoms with Crippen molar-refractivity contribution in [1.82, 2.24) is 0 Å². The predicted molar refractivity (Wildman–Crippen MR) is 147 cm³/mol. The Bertz CT molecular complexity index is 1410. The van der Waals surface area contributed by atoms with Crippen molar-refractivity contribution in [3.63, 3.8) is 0 Å². The van der Waals surface area contributed by atoms with Crippen molar-refractivity contribution in [3.05, 3.63) is 108 Å². The summed E-state index contributed by atoms with van der Waals surface area (Å²) in [5.41, 5.74) is 12.0. The van der Waals surface area contributed by atoms with Gasteiger partial charge in [-0.05, 0) is 94.7 Å². The summed E-state index contributed by atoms with van der Waals surface area (Å²) in [7, 11) is 0. The smallest absolute Gasteiger partial charge is 0.0463 e. The zero-order chi connectivity index (χ0) is 23.6. The summed E-state index contributed by atoms with van der Waals surface area (Å²) in [6.45, 7) is 4.68. The predicted octanol–water partition coefficient (Wildman–Crippen LogP) is 9.31. The van der Waals surface area contributed by atoms with Crippen LogP contribution in [0.1, 0.15) is 62.1 Å². The van der Waals surface area contributed by atoms with E-state index in [4.69, 9.17) is 0 Å². The van der Waals surface area contributed by atoms with Gasteiger partial charge in [0.05, 0.1) is 0 Å². The summed E-state index contributed by atoms with van der Waals surface area (Å²) in [4.78, 5) is 0. The fourth-order valence-corrected chi connectivity index (χ4v) is 7.35. The molecular weight excluding hydrogens is 422 g/mol. The normalized spacial score (nSPS) is 23.2. The molecule has 35 heavy (non-hydrogen) atoms. The van der Waals surface area contributed by atoms with E-state index in [2.05, 4.69) is 110 Å². The highest BCUT2D eigenvalue weighted by Crippen LogP contribution is 2.53. The van der Waals surface area contributed by atoms with E-state index in [1.54, 1.807) is 0 Å². The molecule has 0 amide bonds. The topological polar surface area (TPSA) is 12.0 Å². The van der Waals surface area contributed by atoms with Gasteiger partial charge in [-0.3, -0.25) is 0 Å².